The molecule has 0 aliphatic rings. The van der Waals surface area contributed by atoms with E-state index in [0.717, 1.165) is 36.0 Å². The fourth-order valence-electron chi connectivity index (χ4n) is 2.82. The highest BCUT2D eigenvalue weighted by molar-refractivity contribution is 5.96. The Hall–Kier alpha value is -1.97. The second-order valence-electron chi connectivity index (χ2n) is 6.29. The van der Waals surface area contributed by atoms with Crippen molar-refractivity contribution >= 4 is 16.9 Å². The van der Waals surface area contributed by atoms with Crippen molar-refractivity contribution in [2.24, 2.45) is 5.92 Å². The molecule has 23 heavy (non-hydrogen) atoms. The molecule has 0 radical (unpaired) electrons. The van der Waals surface area contributed by atoms with Gasteiger partial charge >= 0.3 is 0 Å². The summed E-state index contributed by atoms with van der Waals surface area (Å²) in [5.74, 6) is 1.59. The second kappa shape index (κ2) is 7.53. The first-order chi connectivity index (χ1) is 11.0. The van der Waals surface area contributed by atoms with E-state index < -0.39 is 0 Å². The Morgan fingerprint density at radius 1 is 1.26 bits per heavy atom. The molecular weight excluding hydrogens is 290 g/mol. The third kappa shape index (κ3) is 4.06. The van der Waals surface area contributed by atoms with Gasteiger partial charge in [0.25, 0.3) is 5.91 Å². The molecule has 0 fully saturated rings. The number of carbonyl (C=O) groups is 1. The van der Waals surface area contributed by atoms with Crippen molar-refractivity contribution < 1.29 is 13.9 Å². The van der Waals surface area contributed by atoms with Gasteiger partial charge in [0.05, 0.1) is 7.11 Å². The van der Waals surface area contributed by atoms with Gasteiger partial charge in [-0.1, -0.05) is 27.2 Å². The third-order valence-electron chi connectivity index (χ3n) is 4.35. The van der Waals surface area contributed by atoms with Crippen LogP contribution in [-0.4, -0.2) is 19.1 Å². The summed E-state index contributed by atoms with van der Waals surface area (Å²) in [6, 6.07) is 5.82. The van der Waals surface area contributed by atoms with E-state index in [2.05, 4.69) is 26.1 Å². The van der Waals surface area contributed by atoms with Crippen LogP contribution in [0.4, 0.5) is 0 Å². The van der Waals surface area contributed by atoms with Crippen LogP contribution in [0, 0.1) is 5.92 Å². The number of aryl methyl sites for hydroxylation is 1. The number of hydrogen-bond donors (Lipinski definition) is 1. The van der Waals surface area contributed by atoms with Crippen molar-refractivity contribution in [3.05, 3.63) is 29.5 Å². The second-order valence-corrected chi connectivity index (χ2v) is 6.29. The van der Waals surface area contributed by atoms with Gasteiger partial charge in [0.1, 0.15) is 11.3 Å². The summed E-state index contributed by atoms with van der Waals surface area (Å²) in [6.07, 6.45) is 2.96. The Morgan fingerprint density at radius 2 is 2.00 bits per heavy atom. The molecule has 2 aromatic rings. The molecule has 1 amide bonds. The van der Waals surface area contributed by atoms with Gasteiger partial charge < -0.3 is 14.5 Å². The fraction of sp³-hybridized carbons (Fsp3) is 0.526. The van der Waals surface area contributed by atoms with Crippen LogP contribution >= 0.6 is 0 Å². The molecule has 1 aromatic heterocycles. The number of carbonyl (C=O) groups excluding carboxylic acids is 1. The lowest BCUT2D eigenvalue weighted by molar-refractivity contribution is 0.0909. The molecule has 0 spiro atoms. The quantitative estimate of drug-likeness (QED) is 0.814. The van der Waals surface area contributed by atoms with Crippen LogP contribution < -0.4 is 10.1 Å². The van der Waals surface area contributed by atoms with Crippen molar-refractivity contribution in [3.63, 3.8) is 0 Å². The molecule has 4 nitrogen and oxygen atoms in total. The standard InChI is InChI=1S/C19H27NO3/c1-6-12(3)8-13(4)20-19(21)18-10-15-9-14(7-2)16(22-5)11-17(15)23-18/h9-13H,6-8H2,1-5H3,(H,20,21). The first-order valence-corrected chi connectivity index (χ1v) is 8.39. The van der Waals surface area contributed by atoms with Gasteiger partial charge in [-0.15, -0.1) is 0 Å². The Morgan fingerprint density at radius 3 is 2.61 bits per heavy atom. The number of rotatable bonds is 7. The van der Waals surface area contributed by atoms with E-state index in [9.17, 15) is 4.79 Å². The molecule has 0 aliphatic carbocycles. The van der Waals surface area contributed by atoms with Crippen LogP contribution in [0.3, 0.4) is 0 Å². The van der Waals surface area contributed by atoms with E-state index in [1.807, 2.05) is 19.1 Å². The van der Waals surface area contributed by atoms with Gasteiger partial charge in [0, 0.05) is 17.5 Å². The van der Waals surface area contributed by atoms with Crippen molar-refractivity contribution in [2.45, 2.75) is 53.0 Å². The Balaban J connectivity index is 2.18. The molecule has 2 rings (SSSR count). The van der Waals surface area contributed by atoms with Crippen LogP contribution in [-0.2, 0) is 6.42 Å². The highest BCUT2D eigenvalue weighted by atomic mass is 16.5. The first-order valence-electron chi connectivity index (χ1n) is 8.39. The van der Waals surface area contributed by atoms with Gasteiger partial charge in [-0.2, -0.15) is 0 Å². The van der Waals surface area contributed by atoms with Crippen molar-refractivity contribution in [1.82, 2.24) is 5.32 Å². The number of fused-ring (bicyclic) bond motifs is 1. The smallest absolute Gasteiger partial charge is 0.287 e. The fourth-order valence-corrected chi connectivity index (χ4v) is 2.82. The van der Waals surface area contributed by atoms with Crippen LogP contribution in [0.1, 0.15) is 56.7 Å². The summed E-state index contributed by atoms with van der Waals surface area (Å²) >= 11 is 0. The SMILES string of the molecule is CCc1cc2cc(C(=O)NC(C)CC(C)CC)oc2cc1OC. The highest BCUT2D eigenvalue weighted by Gasteiger charge is 2.17. The van der Waals surface area contributed by atoms with Crippen molar-refractivity contribution in [1.29, 1.82) is 0 Å². The first kappa shape index (κ1) is 17.4. The number of methoxy groups -OCH3 is 1. The largest absolute Gasteiger partial charge is 0.496 e. The maximum Gasteiger partial charge on any atom is 0.287 e. The summed E-state index contributed by atoms with van der Waals surface area (Å²) in [7, 11) is 1.65. The monoisotopic (exact) mass is 317 g/mol. The molecule has 2 unspecified atom stereocenters. The highest BCUT2D eigenvalue weighted by Crippen LogP contribution is 2.28. The minimum absolute atomic E-state index is 0.131. The Bertz CT molecular complexity index is 634. The van der Waals surface area contributed by atoms with Crippen LogP contribution in [0.2, 0.25) is 0 Å². The molecule has 1 aromatic carbocycles. The molecule has 4 heteroatoms. The van der Waals surface area contributed by atoms with Gasteiger partial charge in [-0.3, -0.25) is 4.79 Å². The number of nitrogens with one attached hydrogen (secondary N) is 1. The lowest BCUT2D eigenvalue weighted by atomic mass is 10.0. The molecule has 2 atom stereocenters. The van der Waals surface area contributed by atoms with Crippen molar-refractivity contribution in [2.75, 3.05) is 7.11 Å². The molecular formula is C19H27NO3. The van der Waals surface area contributed by atoms with E-state index in [1.165, 1.54) is 0 Å². The lowest BCUT2D eigenvalue weighted by Gasteiger charge is -2.16. The summed E-state index contributed by atoms with van der Waals surface area (Å²) in [4.78, 5) is 12.4. The average Bonchev–Trinajstić information content (AvgIpc) is 2.95. The predicted octanol–water partition coefficient (Wildman–Crippen LogP) is 4.56. The predicted molar refractivity (Wildman–Crippen MR) is 93.1 cm³/mol. The lowest BCUT2D eigenvalue weighted by Crippen LogP contribution is -2.33. The molecule has 1 N–H and O–H groups in total. The zero-order valence-electron chi connectivity index (χ0n) is 14.7. The maximum atomic E-state index is 12.4. The molecule has 0 saturated heterocycles. The Labute approximate surface area is 138 Å². The van der Waals surface area contributed by atoms with E-state index in [0.29, 0.717) is 17.3 Å². The minimum atomic E-state index is -0.158. The van der Waals surface area contributed by atoms with Crippen molar-refractivity contribution in [3.8, 4) is 5.75 Å². The van der Waals surface area contributed by atoms with Gasteiger partial charge in [-0.05, 0) is 43.4 Å². The summed E-state index contributed by atoms with van der Waals surface area (Å²) in [6.45, 7) is 8.47. The van der Waals surface area contributed by atoms with Crippen LogP contribution in [0.15, 0.2) is 22.6 Å². The van der Waals surface area contributed by atoms with E-state index in [4.69, 9.17) is 9.15 Å². The van der Waals surface area contributed by atoms with Crippen LogP contribution in [0.25, 0.3) is 11.0 Å². The maximum absolute atomic E-state index is 12.4. The number of hydrogen-bond acceptors (Lipinski definition) is 3. The number of amides is 1. The minimum Gasteiger partial charge on any atom is -0.496 e. The van der Waals surface area contributed by atoms with Gasteiger partial charge in [0.15, 0.2) is 5.76 Å². The van der Waals surface area contributed by atoms with Crippen LogP contribution in [0.5, 0.6) is 5.75 Å². The van der Waals surface area contributed by atoms with E-state index >= 15 is 0 Å². The summed E-state index contributed by atoms with van der Waals surface area (Å²) < 4.78 is 11.1. The molecule has 1 heterocycles. The number of furan rings is 1. The number of ether oxygens (including phenoxy) is 1. The zero-order chi connectivity index (χ0) is 17.0. The number of benzene rings is 1. The molecule has 0 bridgehead atoms. The van der Waals surface area contributed by atoms with Gasteiger partial charge in [0.2, 0.25) is 0 Å². The Kier molecular flexibility index (Phi) is 5.69. The average molecular weight is 317 g/mol. The molecule has 0 saturated carbocycles. The summed E-state index contributed by atoms with van der Waals surface area (Å²) in [5.41, 5.74) is 1.79. The molecule has 126 valence electrons. The van der Waals surface area contributed by atoms with E-state index in [1.54, 1.807) is 13.2 Å². The van der Waals surface area contributed by atoms with Gasteiger partial charge in [-0.25, -0.2) is 0 Å². The normalized spacial score (nSPS) is 13.8. The van der Waals surface area contributed by atoms with E-state index in [-0.39, 0.29) is 11.9 Å². The zero-order valence-corrected chi connectivity index (χ0v) is 14.7. The molecule has 0 aliphatic heterocycles. The third-order valence-corrected chi connectivity index (χ3v) is 4.35. The topological polar surface area (TPSA) is 51.5 Å². The summed E-state index contributed by atoms with van der Waals surface area (Å²) in [5, 5.41) is 3.95.